The van der Waals surface area contributed by atoms with Crippen molar-refractivity contribution in [3.8, 4) is 0 Å². The van der Waals surface area contributed by atoms with E-state index in [9.17, 15) is 4.79 Å². The number of carbonyl (C=O) groups is 1. The fraction of sp³-hybridized carbons (Fsp3) is 0. The predicted octanol–water partition coefficient (Wildman–Crippen LogP) is 1.88. The second kappa shape index (κ2) is 3.52. The standard InChI is InChI=1S/C13H9N3O/c14-13(17)8-1-2-11-10-3-4-15-6-9(10)7-16-12(11)5-8/h1-7H,(H2,14,17). The van der Waals surface area contributed by atoms with Crippen molar-refractivity contribution in [2.24, 2.45) is 5.73 Å². The van der Waals surface area contributed by atoms with Gasteiger partial charge in [0.25, 0.3) is 0 Å². The van der Waals surface area contributed by atoms with Crippen molar-refractivity contribution < 1.29 is 4.79 Å². The molecule has 0 spiro atoms. The summed E-state index contributed by atoms with van der Waals surface area (Å²) < 4.78 is 0. The zero-order valence-electron chi connectivity index (χ0n) is 8.92. The molecule has 0 saturated heterocycles. The first-order valence-corrected chi connectivity index (χ1v) is 5.18. The van der Waals surface area contributed by atoms with E-state index in [4.69, 9.17) is 5.73 Å². The van der Waals surface area contributed by atoms with E-state index in [0.717, 1.165) is 21.7 Å². The van der Waals surface area contributed by atoms with Crippen molar-refractivity contribution in [3.63, 3.8) is 0 Å². The highest BCUT2D eigenvalue weighted by Gasteiger charge is 2.05. The quantitative estimate of drug-likeness (QED) is 0.640. The molecule has 0 bridgehead atoms. The van der Waals surface area contributed by atoms with Crippen LogP contribution in [0.15, 0.2) is 42.9 Å². The molecule has 0 atom stereocenters. The molecule has 2 heterocycles. The SMILES string of the molecule is NC(=O)c1ccc2c(c1)ncc1cnccc12. The van der Waals surface area contributed by atoms with Crippen LogP contribution in [0.3, 0.4) is 0 Å². The molecule has 0 aliphatic heterocycles. The third kappa shape index (κ3) is 1.50. The number of nitrogens with zero attached hydrogens (tertiary/aromatic N) is 2. The number of amides is 1. The largest absolute Gasteiger partial charge is 0.366 e. The molecule has 0 unspecified atom stereocenters. The van der Waals surface area contributed by atoms with E-state index in [-0.39, 0.29) is 0 Å². The van der Waals surface area contributed by atoms with E-state index in [0.29, 0.717) is 5.56 Å². The number of pyridine rings is 2. The smallest absolute Gasteiger partial charge is 0.248 e. The van der Waals surface area contributed by atoms with Crippen LogP contribution in [0.25, 0.3) is 21.7 Å². The van der Waals surface area contributed by atoms with Crippen LogP contribution in [-0.2, 0) is 0 Å². The maximum atomic E-state index is 11.1. The number of aromatic nitrogens is 2. The molecule has 0 aliphatic rings. The van der Waals surface area contributed by atoms with Gasteiger partial charge in [-0.3, -0.25) is 14.8 Å². The van der Waals surface area contributed by atoms with E-state index in [1.54, 1.807) is 30.7 Å². The maximum Gasteiger partial charge on any atom is 0.248 e. The molecular weight excluding hydrogens is 214 g/mol. The van der Waals surface area contributed by atoms with Crippen LogP contribution in [0.1, 0.15) is 10.4 Å². The Morgan fingerprint density at radius 1 is 1.12 bits per heavy atom. The van der Waals surface area contributed by atoms with Crippen LogP contribution in [0, 0.1) is 0 Å². The lowest BCUT2D eigenvalue weighted by Gasteiger charge is -2.03. The van der Waals surface area contributed by atoms with Crippen molar-refractivity contribution in [2.75, 3.05) is 0 Å². The normalized spacial score (nSPS) is 10.8. The highest BCUT2D eigenvalue weighted by molar-refractivity contribution is 6.07. The Balaban J connectivity index is 2.41. The Kier molecular flexibility index (Phi) is 2.01. The zero-order valence-corrected chi connectivity index (χ0v) is 8.92. The summed E-state index contributed by atoms with van der Waals surface area (Å²) in [4.78, 5) is 19.4. The highest BCUT2D eigenvalue weighted by atomic mass is 16.1. The van der Waals surface area contributed by atoms with Gasteiger partial charge in [0, 0.05) is 34.9 Å². The van der Waals surface area contributed by atoms with Gasteiger partial charge >= 0.3 is 0 Å². The third-order valence-electron chi connectivity index (χ3n) is 2.77. The Hall–Kier alpha value is -2.49. The maximum absolute atomic E-state index is 11.1. The topological polar surface area (TPSA) is 68.9 Å². The number of nitrogens with two attached hydrogens (primary N) is 1. The van der Waals surface area contributed by atoms with Crippen molar-refractivity contribution in [3.05, 3.63) is 48.4 Å². The molecule has 17 heavy (non-hydrogen) atoms. The van der Waals surface area contributed by atoms with Gasteiger partial charge in [-0.15, -0.1) is 0 Å². The van der Waals surface area contributed by atoms with Gasteiger partial charge in [-0.1, -0.05) is 6.07 Å². The average Bonchev–Trinajstić information content (AvgIpc) is 2.38. The van der Waals surface area contributed by atoms with Crippen molar-refractivity contribution >= 4 is 27.6 Å². The molecule has 1 aromatic carbocycles. The lowest BCUT2D eigenvalue weighted by Crippen LogP contribution is -2.10. The van der Waals surface area contributed by atoms with E-state index < -0.39 is 5.91 Å². The van der Waals surface area contributed by atoms with Crippen molar-refractivity contribution in [1.29, 1.82) is 0 Å². The Bertz CT molecular complexity index is 737. The minimum atomic E-state index is -0.441. The van der Waals surface area contributed by atoms with Crippen LogP contribution in [0.5, 0.6) is 0 Å². The summed E-state index contributed by atoms with van der Waals surface area (Å²) in [7, 11) is 0. The van der Waals surface area contributed by atoms with Crippen LogP contribution in [-0.4, -0.2) is 15.9 Å². The minimum absolute atomic E-state index is 0.441. The molecule has 3 rings (SSSR count). The fourth-order valence-corrected chi connectivity index (χ4v) is 1.91. The number of rotatable bonds is 1. The predicted molar refractivity (Wildman–Crippen MR) is 65.6 cm³/mol. The molecule has 4 nitrogen and oxygen atoms in total. The van der Waals surface area contributed by atoms with Gasteiger partial charge in [0.15, 0.2) is 0 Å². The summed E-state index contributed by atoms with van der Waals surface area (Å²) in [5.41, 5.74) is 6.48. The summed E-state index contributed by atoms with van der Waals surface area (Å²) in [6.07, 6.45) is 5.25. The van der Waals surface area contributed by atoms with Crippen LogP contribution in [0.4, 0.5) is 0 Å². The van der Waals surface area contributed by atoms with E-state index >= 15 is 0 Å². The first kappa shape index (κ1) is 9.72. The zero-order chi connectivity index (χ0) is 11.8. The van der Waals surface area contributed by atoms with E-state index in [1.807, 2.05) is 12.1 Å². The Morgan fingerprint density at radius 2 is 2.00 bits per heavy atom. The summed E-state index contributed by atoms with van der Waals surface area (Å²) in [5.74, 6) is -0.441. The number of primary amides is 1. The number of carbonyl (C=O) groups excluding carboxylic acids is 1. The summed E-state index contributed by atoms with van der Waals surface area (Å²) in [5, 5.41) is 3.04. The first-order chi connectivity index (χ1) is 8.25. The molecular formula is C13H9N3O. The molecule has 0 radical (unpaired) electrons. The first-order valence-electron chi connectivity index (χ1n) is 5.18. The van der Waals surface area contributed by atoms with Gasteiger partial charge in [-0.2, -0.15) is 0 Å². The molecule has 0 saturated carbocycles. The molecule has 2 aromatic heterocycles. The number of hydrogen-bond acceptors (Lipinski definition) is 3. The Morgan fingerprint density at radius 3 is 2.82 bits per heavy atom. The minimum Gasteiger partial charge on any atom is -0.366 e. The van der Waals surface area contributed by atoms with E-state index in [1.165, 1.54) is 0 Å². The van der Waals surface area contributed by atoms with Gasteiger partial charge in [0.05, 0.1) is 5.52 Å². The van der Waals surface area contributed by atoms with Crippen molar-refractivity contribution in [1.82, 2.24) is 9.97 Å². The molecule has 0 fully saturated rings. The Labute approximate surface area is 97.1 Å². The van der Waals surface area contributed by atoms with Crippen LogP contribution < -0.4 is 5.73 Å². The van der Waals surface area contributed by atoms with Gasteiger partial charge < -0.3 is 5.73 Å². The summed E-state index contributed by atoms with van der Waals surface area (Å²) >= 11 is 0. The lowest BCUT2D eigenvalue weighted by atomic mass is 10.1. The molecule has 3 aromatic rings. The van der Waals surface area contributed by atoms with Crippen LogP contribution >= 0.6 is 0 Å². The van der Waals surface area contributed by atoms with Crippen LogP contribution in [0.2, 0.25) is 0 Å². The summed E-state index contributed by atoms with van der Waals surface area (Å²) in [6, 6.07) is 7.22. The molecule has 4 heteroatoms. The lowest BCUT2D eigenvalue weighted by molar-refractivity contribution is 0.100. The van der Waals surface area contributed by atoms with E-state index in [2.05, 4.69) is 9.97 Å². The molecule has 2 N–H and O–H groups in total. The van der Waals surface area contributed by atoms with Crippen molar-refractivity contribution in [2.45, 2.75) is 0 Å². The third-order valence-corrected chi connectivity index (χ3v) is 2.77. The highest BCUT2D eigenvalue weighted by Crippen LogP contribution is 2.23. The van der Waals surface area contributed by atoms with Gasteiger partial charge in [-0.25, -0.2) is 0 Å². The molecule has 1 amide bonds. The molecule has 82 valence electrons. The second-order valence-electron chi connectivity index (χ2n) is 3.82. The van der Waals surface area contributed by atoms with Gasteiger partial charge in [-0.05, 0) is 23.6 Å². The number of fused-ring (bicyclic) bond motifs is 3. The monoisotopic (exact) mass is 223 g/mol. The summed E-state index contributed by atoms with van der Waals surface area (Å²) in [6.45, 7) is 0. The second-order valence-corrected chi connectivity index (χ2v) is 3.82. The number of benzene rings is 1. The van der Waals surface area contributed by atoms with Gasteiger partial charge in [0.2, 0.25) is 5.91 Å². The molecule has 0 aliphatic carbocycles. The number of hydrogen-bond donors (Lipinski definition) is 1. The average molecular weight is 223 g/mol. The fourth-order valence-electron chi connectivity index (χ4n) is 1.91. The van der Waals surface area contributed by atoms with Gasteiger partial charge in [0.1, 0.15) is 0 Å².